The van der Waals surface area contributed by atoms with Gasteiger partial charge in [-0.1, -0.05) is 13.8 Å². The van der Waals surface area contributed by atoms with Gasteiger partial charge < -0.3 is 4.74 Å². The number of hydrogen-bond donors (Lipinski definition) is 0. The maximum absolute atomic E-state index is 11.8. The zero-order chi connectivity index (χ0) is 13.0. The lowest BCUT2D eigenvalue weighted by atomic mass is 10.2. The average Bonchev–Trinajstić information content (AvgIpc) is 2.64. The van der Waals surface area contributed by atoms with E-state index in [1.54, 1.807) is 0 Å². The minimum atomic E-state index is -0.870. The van der Waals surface area contributed by atoms with Crippen LogP contribution in [0.5, 0.6) is 0 Å². The Balaban J connectivity index is 2.64. The van der Waals surface area contributed by atoms with Gasteiger partial charge in [0.1, 0.15) is 12.1 Å². The van der Waals surface area contributed by atoms with Crippen molar-refractivity contribution in [2.75, 3.05) is 0 Å². The van der Waals surface area contributed by atoms with Crippen LogP contribution >= 0.6 is 0 Å². The first-order valence-electron chi connectivity index (χ1n) is 5.77. The number of carbonyl (C=O) groups excluding carboxylic acids is 3. The van der Waals surface area contributed by atoms with E-state index in [0.29, 0.717) is 0 Å². The van der Waals surface area contributed by atoms with E-state index in [0.717, 1.165) is 29.9 Å². The fourth-order valence-electron chi connectivity index (χ4n) is 1.62. The molecule has 5 nitrogen and oxygen atoms in total. The van der Waals surface area contributed by atoms with E-state index in [-0.39, 0.29) is 6.10 Å². The molecular formula is C12H17NO4. The molecule has 2 amide bonds. The molecule has 1 rings (SSSR count). The van der Waals surface area contributed by atoms with Gasteiger partial charge in [-0.15, -0.1) is 0 Å². The van der Waals surface area contributed by atoms with E-state index in [1.807, 2.05) is 13.8 Å². The quantitative estimate of drug-likeness (QED) is 0.531. The number of ether oxygens (including phenoxy) is 1. The molecule has 94 valence electrons. The molecule has 0 saturated carbocycles. The van der Waals surface area contributed by atoms with Gasteiger partial charge >= 0.3 is 5.97 Å². The van der Waals surface area contributed by atoms with Crippen molar-refractivity contribution in [3.05, 3.63) is 12.2 Å². The van der Waals surface area contributed by atoms with Crippen molar-refractivity contribution in [3.63, 3.8) is 0 Å². The second kappa shape index (κ2) is 5.61. The summed E-state index contributed by atoms with van der Waals surface area (Å²) in [6.45, 7) is 5.33. The molecule has 0 spiro atoms. The molecule has 1 aliphatic rings. The van der Waals surface area contributed by atoms with E-state index in [9.17, 15) is 14.4 Å². The summed E-state index contributed by atoms with van der Waals surface area (Å²) in [6.07, 6.45) is 3.59. The summed E-state index contributed by atoms with van der Waals surface area (Å²) >= 11 is 0. The van der Waals surface area contributed by atoms with Gasteiger partial charge in [-0.25, -0.2) is 4.79 Å². The Hall–Kier alpha value is -1.65. The summed E-state index contributed by atoms with van der Waals surface area (Å²) < 4.78 is 5.21. The number of imide groups is 1. The Morgan fingerprint density at radius 1 is 1.24 bits per heavy atom. The molecule has 0 N–H and O–H groups in total. The molecule has 17 heavy (non-hydrogen) atoms. The molecule has 0 radical (unpaired) electrons. The van der Waals surface area contributed by atoms with Gasteiger partial charge in [0.25, 0.3) is 11.8 Å². The summed E-state index contributed by atoms with van der Waals surface area (Å²) in [6, 6.07) is -0.870. The van der Waals surface area contributed by atoms with Gasteiger partial charge in [0, 0.05) is 12.2 Å². The van der Waals surface area contributed by atoms with Gasteiger partial charge in [-0.2, -0.15) is 0 Å². The summed E-state index contributed by atoms with van der Waals surface area (Å²) in [4.78, 5) is 35.4. The number of hydrogen-bond acceptors (Lipinski definition) is 4. The SMILES string of the molecule is CCC(CC)OC(=O)C(C)N1C(=O)C=CC1=O. The van der Waals surface area contributed by atoms with Gasteiger partial charge in [-0.05, 0) is 19.8 Å². The van der Waals surface area contributed by atoms with Crippen LogP contribution in [0.15, 0.2) is 12.2 Å². The van der Waals surface area contributed by atoms with Crippen LogP contribution in [0.3, 0.4) is 0 Å². The molecule has 0 aromatic heterocycles. The smallest absolute Gasteiger partial charge is 0.329 e. The molecule has 0 aromatic rings. The largest absolute Gasteiger partial charge is 0.461 e. The standard InChI is InChI=1S/C12H17NO4/c1-4-9(5-2)17-12(16)8(3)13-10(14)6-7-11(13)15/h6-9H,4-5H2,1-3H3. The topological polar surface area (TPSA) is 63.7 Å². The van der Waals surface area contributed by atoms with Crippen LogP contribution in [0.4, 0.5) is 0 Å². The predicted molar refractivity (Wildman–Crippen MR) is 60.9 cm³/mol. The second-order valence-electron chi connectivity index (χ2n) is 3.93. The van der Waals surface area contributed by atoms with Crippen molar-refractivity contribution in [3.8, 4) is 0 Å². The Morgan fingerprint density at radius 2 is 1.71 bits per heavy atom. The minimum absolute atomic E-state index is 0.161. The van der Waals surface area contributed by atoms with E-state index in [1.165, 1.54) is 6.92 Å². The summed E-state index contributed by atoms with van der Waals surface area (Å²) in [7, 11) is 0. The highest BCUT2D eigenvalue weighted by Gasteiger charge is 2.34. The Morgan fingerprint density at radius 3 is 2.12 bits per heavy atom. The number of amides is 2. The molecular weight excluding hydrogens is 222 g/mol. The molecule has 0 saturated heterocycles. The minimum Gasteiger partial charge on any atom is -0.461 e. The molecule has 1 heterocycles. The van der Waals surface area contributed by atoms with Crippen LogP contribution in [0.25, 0.3) is 0 Å². The monoisotopic (exact) mass is 239 g/mol. The highest BCUT2D eigenvalue weighted by Crippen LogP contribution is 2.12. The van der Waals surface area contributed by atoms with Crippen LogP contribution in [0.2, 0.25) is 0 Å². The summed E-state index contributed by atoms with van der Waals surface area (Å²) in [5.74, 6) is -1.47. The van der Waals surface area contributed by atoms with E-state index in [4.69, 9.17) is 4.74 Å². The Bertz CT molecular complexity index is 340. The molecule has 1 unspecified atom stereocenters. The number of esters is 1. The first-order valence-corrected chi connectivity index (χ1v) is 5.77. The van der Waals surface area contributed by atoms with Crippen molar-refractivity contribution in [2.45, 2.75) is 45.8 Å². The predicted octanol–water partition coefficient (Wildman–Crippen LogP) is 1.03. The zero-order valence-electron chi connectivity index (χ0n) is 10.3. The number of nitrogens with zero attached hydrogens (tertiary/aromatic N) is 1. The Kier molecular flexibility index (Phi) is 4.43. The fraction of sp³-hybridized carbons (Fsp3) is 0.583. The van der Waals surface area contributed by atoms with Crippen LogP contribution in [-0.4, -0.2) is 34.8 Å². The van der Waals surface area contributed by atoms with Crippen LogP contribution in [0, 0.1) is 0 Å². The van der Waals surface area contributed by atoms with Gasteiger partial charge in [-0.3, -0.25) is 14.5 Å². The molecule has 0 bridgehead atoms. The third kappa shape index (κ3) is 2.93. The molecule has 0 aliphatic carbocycles. The average molecular weight is 239 g/mol. The third-order valence-electron chi connectivity index (χ3n) is 2.77. The van der Waals surface area contributed by atoms with Gasteiger partial charge in [0.15, 0.2) is 0 Å². The van der Waals surface area contributed by atoms with E-state index in [2.05, 4.69) is 0 Å². The maximum Gasteiger partial charge on any atom is 0.329 e. The number of rotatable bonds is 5. The van der Waals surface area contributed by atoms with E-state index < -0.39 is 23.8 Å². The van der Waals surface area contributed by atoms with Crippen molar-refractivity contribution >= 4 is 17.8 Å². The fourth-order valence-corrected chi connectivity index (χ4v) is 1.62. The highest BCUT2D eigenvalue weighted by atomic mass is 16.5. The van der Waals surface area contributed by atoms with Gasteiger partial charge in [0.2, 0.25) is 0 Å². The van der Waals surface area contributed by atoms with Crippen LogP contribution in [0.1, 0.15) is 33.6 Å². The van der Waals surface area contributed by atoms with Crippen molar-refractivity contribution in [1.29, 1.82) is 0 Å². The normalized spacial score (nSPS) is 16.8. The first kappa shape index (κ1) is 13.4. The second-order valence-corrected chi connectivity index (χ2v) is 3.93. The molecule has 0 fully saturated rings. The Labute approximate surface area is 100 Å². The molecule has 1 aliphatic heterocycles. The van der Waals surface area contributed by atoms with Crippen LogP contribution in [-0.2, 0) is 19.1 Å². The van der Waals surface area contributed by atoms with Gasteiger partial charge in [0.05, 0.1) is 0 Å². The molecule has 0 aromatic carbocycles. The highest BCUT2D eigenvalue weighted by molar-refractivity contribution is 6.14. The number of carbonyl (C=O) groups is 3. The summed E-state index contributed by atoms with van der Waals surface area (Å²) in [5, 5.41) is 0. The van der Waals surface area contributed by atoms with Crippen molar-refractivity contribution in [2.24, 2.45) is 0 Å². The third-order valence-corrected chi connectivity index (χ3v) is 2.77. The van der Waals surface area contributed by atoms with Crippen molar-refractivity contribution < 1.29 is 19.1 Å². The van der Waals surface area contributed by atoms with Crippen molar-refractivity contribution in [1.82, 2.24) is 4.90 Å². The zero-order valence-corrected chi connectivity index (χ0v) is 10.3. The lowest BCUT2D eigenvalue weighted by Crippen LogP contribution is -2.44. The molecule has 1 atom stereocenters. The van der Waals surface area contributed by atoms with E-state index >= 15 is 0 Å². The lowest BCUT2D eigenvalue weighted by molar-refractivity contribution is -0.161. The summed E-state index contributed by atoms with van der Waals surface area (Å²) in [5.41, 5.74) is 0. The first-order chi connectivity index (χ1) is 8.01. The van der Waals surface area contributed by atoms with Crippen LogP contribution < -0.4 is 0 Å². The maximum atomic E-state index is 11.8. The lowest BCUT2D eigenvalue weighted by Gasteiger charge is -2.23. The molecule has 5 heteroatoms.